The van der Waals surface area contributed by atoms with E-state index in [-0.39, 0.29) is 11.8 Å². The molecular weight excluding hydrogens is 528 g/mol. The summed E-state index contributed by atoms with van der Waals surface area (Å²) in [6.45, 7) is 25.2. The first kappa shape index (κ1) is 28.6. The molecule has 0 spiro atoms. The van der Waals surface area contributed by atoms with Gasteiger partial charge in [0.05, 0.1) is 0 Å². The van der Waals surface area contributed by atoms with Gasteiger partial charge in [-0.15, -0.1) is 0 Å². The molecule has 0 saturated carbocycles. The van der Waals surface area contributed by atoms with E-state index in [1.54, 1.807) is 12.2 Å². The van der Waals surface area contributed by atoms with E-state index in [2.05, 4.69) is 143 Å². The van der Waals surface area contributed by atoms with Gasteiger partial charge in [-0.2, -0.15) is 0 Å². The van der Waals surface area contributed by atoms with Crippen molar-refractivity contribution in [2.75, 3.05) is 0 Å². The zero-order valence-electron chi connectivity index (χ0n) is 25.1. The van der Waals surface area contributed by atoms with Crippen LogP contribution >= 0.6 is 0 Å². The maximum Gasteiger partial charge on any atom is 0.0137 e. The van der Waals surface area contributed by atoms with Crippen LogP contribution in [0.2, 0.25) is 0 Å². The molecular formula is C44H36. The Balaban J connectivity index is 1.56. The van der Waals surface area contributed by atoms with Gasteiger partial charge in [0.15, 0.2) is 0 Å². The summed E-state index contributed by atoms with van der Waals surface area (Å²) in [5.74, 6) is 0.173. The van der Waals surface area contributed by atoms with E-state index in [4.69, 9.17) is 0 Å². The molecule has 4 aromatic rings. The number of allylic oxidation sites excluding steroid dienone is 16. The highest BCUT2D eigenvalue weighted by molar-refractivity contribution is 6.00. The molecule has 2 aliphatic rings. The minimum absolute atomic E-state index is 0.0720. The quantitative estimate of drug-likeness (QED) is 0.177. The molecule has 0 aromatic heterocycles. The molecule has 212 valence electrons. The van der Waals surface area contributed by atoms with Gasteiger partial charge in [0.2, 0.25) is 0 Å². The largest absolute Gasteiger partial charge is 0.0984 e. The van der Waals surface area contributed by atoms with Crippen LogP contribution in [-0.4, -0.2) is 0 Å². The lowest BCUT2D eigenvalue weighted by Gasteiger charge is -2.38. The van der Waals surface area contributed by atoms with Crippen LogP contribution in [0, 0.1) is 11.8 Å². The van der Waals surface area contributed by atoms with Crippen molar-refractivity contribution in [1.29, 1.82) is 0 Å². The van der Waals surface area contributed by atoms with E-state index < -0.39 is 0 Å². The minimum Gasteiger partial charge on any atom is -0.0984 e. The topological polar surface area (TPSA) is 0 Å². The van der Waals surface area contributed by atoms with Crippen molar-refractivity contribution < 1.29 is 0 Å². The van der Waals surface area contributed by atoms with Gasteiger partial charge in [0.1, 0.15) is 0 Å². The third kappa shape index (κ3) is 4.75. The minimum atomic E-state index is 0.0720. The number of hydrogen-bond acceptors (Lipinski definition) is 0. The van der Waals surface area contributed by atoms with Crippen LogP contribution in [0.5, 0.6) is 0 Å². The SMILES string of the molecule is C=CC(C=C)=C(C=C)C(=C)C1=C(C=C)C(C=C)=C(c2ccc3ccc(-c4cccc5ccccc45)cc3c2)C2C=CC=CC12. The Bertz CT molecular complexity index is 2040. The summed E-state index contributed by atoms with van der Waals surface area (Å²) >= 11 is 0. The monoisotopic (exact) mass is 564 g/mol. The third-order valence-corrected chi connectivity index (χ3v) is 8.94. The van der Waals surface area contributed by atoms with Crippen molar-refractivity contribution in [2.24, 2.45) is 11.8 Å². The highest BCUT2D eigenvalue weighted by Crippen LogP contribution is 2.50. The summed E-state index contributed by atoms with van der Waals surface area (Å²) in [7, 11) is 0. The molecule has 0 N–H and O–H groups in total. The highest BCUT2D eigenvalue weighted by atomic mass is 14.4. The lowest BCUT2D eigenvalue weighted by atomic mass is 9.65. The van der Waals surface area contributed by atoms with E-state index in [1.165, 1.54) is 43.8 Å². The molecule has 2 atom stereocenters. The van der Waals surface area contributed by atoms with Gasteiger partial charge in [-0.3, -0.25) is 0 Å². The fraction of sp³-hybridized carbons (Fsp3) is 0.0455. The fourth-order valence-corrected chi connectivity index (χ4v) is 6.88. The second kappa shape index (κ2) is 12.0. The van der Waals surface area contributed by atoms with Crippen LogP contribution in [0.4, 0.5) is 0 Å². The summed E-state index contributed by atoms with van der Waals surface area (Å²) in [6, 6.07) is 28.7. The van der Waals surface area contributed by atoms with E-state index in [1.807, 2.05) is 18.2 Å². The van der Waals surface area contributed by atoms with Crippen molar-refractivity contribution in [3.05, 3.63) is 212 Å². The molecule has 0 bridgehead atoms. The van der Waals surface area contributed by atoms with Crippen molar-refractivity contribution >= 4 is 27.1 Å². The van der Waals surface area contributed by atoms with Gasteiger partial charge < -0.3 is 0 Å². The first-order chi connectivity index (χ1) is 21.5. The van der Waals surface area contributed by atoms with Gasteiger partial charge in [0, 0.05) is 11.8 Å². The van der Waals surface area contributed by atoms with Crippen LogP contribution in [0.25, 0.3) is 38.2 Å². The molecule has 0 heteroatoms. The molecule has 0 aliphatic heterocycles. The van der Waals surface area contributed by atoms with Crippen LogP contribution in [0.1, 0.15) is 5.56 Å². The summed E-state index contributed by atoms with van der Waals surface area (Å²) in [5, 5.41) is 4.91. The van der Waals surface area contributed by atoms with E-state index in [0.29, 0.717) is 0 Å². The van der Waals surface area contributed by atoms with Gasteiger partial charge in [0.25, 0.3) is 0 Å². The second-order valence-electron chi connectivity index (χ2n) is 11.1. The van der Waals surface area contributed by atoms with E-state index in [9.17, 15) is 0 Å². The molecule has 2 unspecified atom stereocenters. The first-order valence-electron chi connectivity index (χ1n) is 15.0. The highest BCUT2D eigenvalue weighted by Gasteiger charge is 2.36. The summed E-state index contributed by atoms with van der Waals surface area (Å²) in [5.41, 5.74) is 10.8. The third-order valence-electron chi connectivity index (χ3n) is 8.94. The Hall–Kier alpha value is -5.46. The number of benzene rings is 4. The van der Waals surface area contributed by atoms with Crippen LogP contribution in [0.3, 0.4) is 0 Å². The number of hydrogen-bond donors (Lipinski definition) is 0. The van der Waals surface area contributed by atoms with Crippen LogP contribution < -0.4 is 0 Å². The lowest BCUT2D eigenvalue weighted by molar-refractivity contribution is 0.639. The average Bonchev–Trinajstić information content (AvgIpc) is 3.08. The first-order valence-corrected chi connectivity index (χ1v) is 15.0. The molecule has 0 heterocycles. The zero-order chi connectivity index (χ0) is 30.8. The van der Waals surface area contributed by atoms with Crippen LogP contribution in [0.15, 0.2) is 206 Å². The number of rotatable bonds is 9. The van der Waals surface area contributed by atoms with Gasteiger partial charge in [-0.1, -0.05) is 161 Å². The maximum absolute atomic E-state index is 4.58. The van der Waals surface area contributed by atoms with Crippen molar-refractivity contribution in [3.63, 3.8) is 0 Å². The van der Waals surface area contributed by atoms with Crippen molar-refractivity contribution in [1.82, 2.24) is 0 Å². The summed E-state index contributed by atoms with van der Waals surface area (Å²) < 4.78 is 0. The fourth-order valence-electron chi connectivity index (χ4n) is 6.88. The summed E-state index contributed by atoms with van der Waals surface area (Å²) in [6.07, 6.45) is 18.2. The summed E-state index contributed by atoms with van der Waals surface area (Å²) in [4.78, 5) is 0. The smallest absolute Gasteiger partial charge is 0.0137 e. The Morgan fingerprint density at radius 3 is 1.95 bits per heavy atom. The Labute approximate surface area is 261 Å². The predicted molar refractivity (Wildman–Crippen MR) is 193 cm³/mol. The second-order valence-corrected chi connectivity index (χ2v) is 11.1. The zero-order valence-corrected chi connectivity index (χ0v) is 25.1. The Morgan fingerprint density at radius 2 is 1.25 bits per heavy atom. The van der Waals surface area contributed by atoms with Gasteiger partial charge in [-0.05, 0) is 89.4 Å². The van der Waals surface area contributed by atoms with Crippen LogP contribution in [-0.2, 0) is 0 Å². The normalized spacial score (nSPS) is 17.3. The number of fused-ring (bicyclic) bond motifs is 3. The van der Waals surface area contributed by atoms with Crippen molar-refractivity contribution in [2.45, 2.75) is 0 Å². The molecule has 6 rings (SSSR count). The Kier molecular flexibility index (Phi) is 7.84. The predicted octanol–water partition coefficient (Wildman–Crippen LogP) is 11.9. The molecule has 4 aromatic carbocycles. The standard InChI is InChI=1S/C44H36/c1-7-30(8-2)36(9-3)29(6)43-37(10-4)38(11-5)44(42-21-15-14-20-41(42)43)34-26-24-31-23-25-33(27-35(31)28-34)40-22-16-18-32-17-12-13-19-39(32)40/h7-28,41-42H,1-6H2. The molecule has 0 radical (unpaired) electrons. The van der Waals surface area contributed by atoms with E-state index >= 15 is 0 Å². The van der Waals surface area contributed by atoms with E-state index in [0.717, 1.165) is 33.4 Å². The molecule has 0 fully saturated rings. The molecule has 0 amide bonds. The molecule has 0 nitrogen and oxygen atoms in total. The Morgan fingerprint density at radius 1 is 0.591 bits per heavy atom. The van der Waals surface area contributed by atoms with Gasteiger partial charge >= 0.3 is 0 Å². The van der Waals surface area contributed by atoms with Gasteiger partial charge in [-0.25, -0.2) is 0 Å². The van der Waals surface area contributed by atoms with Crippen molar-refractivity contribution in [3.8, 4) is 11.1 Å². The maximum atomic E-state index is 4.58. The molecule has 0 saturated heterocycles. The molecule has 2 aliphatic carbocycles. The average molecular weight is 565 g/mol. The lowest BCUT2D eigenvalue weighted by Crippen LogP contribution is -2.25. The molecule has 44 heavy (non-hydrogen) atoms.